The van der Waals surface area contributed by atoms with Gasteiger partial charge in [0.1, 0.15) is 12.2 Å². The van der Waals surface area contributed by atoms with Crippen LogP contribution >= 0.6 is 0 Å². The number of pyridine rings is 1. The van der Waals surface area contributed by atoms with Crippen molar-refractivity contribution >= 4 is 11.6 Å². The van der Waals surface area contributed by atoms with E-state index < -0.39 is 0 Å². The van der Waals surface area contributed by atoms with Gasteiger partial charge in [0.15, 0.2) is 0 Å². The third kappa shape index (κ3) is 4.98. The lowest BCUT2D eigenvalue weighted by atomic mass is 10.1. The summed E-state index contributed by atoms with van der Waals surface area (Å²) in [5, 5.41) is 11.1. The summed E-state index contributed by atoms with van der Waals surface area (Å²) in [5.41, 5.74) is 2.43. The van der Waals surface area contributed by atoms with Crippen LogP contribution in [0.5, 0.6) is 0 Å². The molecule has 1 amide bonds. The van der Waals surface area contributed by atoms with Gasteiger partial charge in [-0.15, -0.1) is 10.2 Å². The lowest BCUT2D eigenvalue weighted by Gasteiger charge is -2.18. The van der Waals surface area contributed by atoms with Crippen LogP contribution in [0, 0.1) is 0 Å². The number of nitrogens with zero attached hydrogens (tertiary/aromatic N) is 5. The number of anilines is 1. The van der Waals surface area contributed by atoms with Gasteiger partial charge in [0.05, 0.1) is 18.4 Å². The predicted molar refractivity (Wildman–Crippen MR) is 104 cm³/mol. The summed E-state index contributed by atoms with van der Waals surface area (Å²) < 4.78 is 2.07. The molecule has 0 spiro atoms. The Morgan fingerprint density at radius 2 is 1.96 bits per heavy atom. The van der Waals surface area contributed by atoms with E-state index in [4.69, 9.17) is 0 Å². The first-order valence-corrected chi connectivity index (χ1v) is 8.90. The van der Waals surface area contributed by atoms with Crippen LogP contribution < -0.4 is 5.32 Å². The Morgan fingerprint density at radius 1 is 1.19 bits per heavy atom. The first-order chi connectivity index (χ1) is 13.0. The molecule has 0 unspecified atom stereocenters. The second-order valence-corrected chi connectivity index (χ2v) is 6.81. The minimum atomic E-state index is -0.145. The lowest BCUT2D eigenvalue weighted by Crippen LogP contribution is -2.20. The highest BCUT2D eigenvalue weighted by Crippen LogP contribution is 2.13. The van der Waals surface area contributed by atoms with E-state index in [1.165, 1.54) is 0 Å². The standard InChI is InChI=1S/C20H24N6O/c1-15(2)26-14-22-24-19(26)13-25(3)12-16-6-8-17(9-7-16)20(27)23-18-5-4-10-21-11-18/h4-11,14-15H,12-13H2,1-3H3,(H,23,27). The minimum absolute atomic E-state index is 0.145. The number of carbonyl (C=O) groups excluding carboxylic acids is 1. The molecule has 0 aliphatic rings. The lowest BCUT2D eigenvalue weighted by molar-refractivity contribution is 0.102. The minimum Gasteiger partial charge on any atom is -0.321 e. The molecule has 1 aromatic carbocycles. The van der Waals surface area contributed by atoms with Gasteiger partial charge in [0.2, 0.25) is 0 Å². The van der Waals surface area contributed by atoms with E-state index >= 15 is 0 Å². The largest absolute Gasteiger partial charge is 0.321 e. The highest BCUT2D eigenvalue weighted by Gasteiger charge is 2.11. The Bertz CT molecular complexity index is 873. The average Bonchev–Trinajstić information content (AvgIpc) is 3.11. The molecule has 3 aromatic rings. The molecule has 140 valence electrons. The molecule has 0 atom stereocenters. The van der Waals surface area contributed by atoms with Gasteiger partial charge in [-0.05, 0) is 50.7 Å². The molecule has 3 rings (SSSR count). The van der Waals surface area contributed by atoms with Crippen molar-refractivity contribution in [2.75, 3.05) is 12.4 Å². The normalized spacial score (nSPS) is 11.1. The zero-order valence-corrected chi connectivity index (χ0v) is 15.8. The van der Waals surface area contributed by atoms with Crippen LogP contribution in [0.2, 0.25) is 0 Å². The van der Waals surface area contributed by atoms with Gasteiger partial charge in [-0.1, -0.05) is 12.1 Å². The number of carbonyl (C=O) groups is 1. The summed E-state index contributed by atoms with van der Waals surface area (Å²) in [5.74, 6) is 0.799. The molecule has 2 aromatic heterocycles. The number of benzene rings is 1. The molecule has 27 heavy (non-hydrogen) atoms. The van der Waals surface area contributed by atoms with E-state index in [1.54, 1.807) is 24.8 Å². The molecule has 0 radical (unpaired) electrons. The number of hydrogen-bond acceptors (Lipinski definition) is 5. The fourth-order valence-corrected chi connectivity index (χ4v) is 2.82. The molecule has 7 nitrogen and oxygen atoms in total. The first kappa shape index (κ1) is 18.7. The number of nitrogens with one attached hydrogen (secondary N) is 1. The Hall–Kier alpha value is -3.06. The predicted octanol–water partition coefficient (Wildman–Crippen LogP) is 3.14. The molecule has 0 aliphatic carbocycles. The topological polar surface area (TPSA) is 75.9 Å². The number of aromatic nitrogens is 4. The van der Waals surface area contributed by atoms with Crippen LogP contribution in [0.15, 0.2) is 55.1 Å². The second kappa shape index (κ2) is 8.55. The van der Waals surface area contributed by atoms with Crippen LogP contribution in [0.3, 0.4) is 0 Å². The number of hydrogen-bond donors (Lipinski definition) is 1. The highest BCUT2D eigenvalue weighted by molar-refractivity contribution is 6.04. The molecule has 2 heterocycles. The molecule has 0 fully saturated rings. The molecular formula is C20H24N6O. The molecule has 0 aliphatic heterocycles. The van der Waals surface area contributed by atoms with Crippen molar-refractivity contribution in [3.05, 3.63) is 72.1 Å². The molecular weight excluding hydrogens is 340 g/mol. The van der Waals surface area contributed by atoms with E-state index in [0.717, 1.165) is 17.9 Å². The third-order valence-electron chi connectivity index (χ3n) is 4.20. The Morgan fingerprint density at radius 3 is 2.63 bits per heavy atom. The number of rotatable bonds is 7. The first-order valence-electron chi connectivity index (χ1n) is 8.90. The maximum atomic E-state index is 12.3. The van der Waals surface area contributed by atoms with Crippen LogP contribution in [-0.4, -0.2) is 37.6 Å². The molecule has 0 bridgehead atoms. The SMILES string of the molecule is CC(C)n1cnnc1CN(C)Cc1ccc(C(=O)Nc2cccnc2)cc1. The maximum Gasteiger partial charge on any atom is 0.255 e. The van der Waals surface area contributed by atoms with Crippen LogP contribution in [0.1, 0.15) is 41.6 Å². The molecule has 0 saturated heterocycles. The molecule has 0 saturated carbocycles. The Labute approximate surface area is 159 Å². The highest BCUT2D eigenvalue weighted by atomic mass is 16.1. The second-order valence-electron chi connectivity index (χ2n) is 6.81. The van der Waals surface area contributed by atoms with Gasteiger partial charge in [0.25, 0.3) is 5.91 Å². The fourth-order valence-electron chi connectivity index (χ4n) is 2.82. The van der Waals surface area contributed by atoms with Crippen molar-refractivity contribution < 1.29 is 4.79 Å². The van der Waals surface area contributed by atoms with Crippen molar-refractivity contribution in [2.24, 2.45) is 0 Å². The van der Waals surface area contributed by atoms with Gasteiger partial charge in [-0.25, -0.2) is 0 Å². The summed E-state index contributed by atoms with van der Waals surface area (Å²) in [4.78, 5) is 18.5. The van der Waals surface area contributed by atoms with Gasteiger partial charge >= 0.3 is 0 Å². The number of amides is 1. The monoisotopic (exact) mass is 364 g/mol. The van der Waals surface area contributed by atoms with Gasteiger partial charge < -0.3 is 9.88 Å². The molecule has 1 N–H and O–H groups in total. The zero-order valence-electron chi connectivity index (χ0n) is 15.8. The van der Waals surface area contributed by atoms with Crippen LogP contribution in [-0.2, 0) is 13.1 Å². The van der Waals surface area contributed by atoms with E-state index in [-0.39, 0.29) is 5.91 Å². The average molecular weight is 364 g/mol. The smallest absolute Gasteiger partial charge is 0.255 e. The summed E-state index contributed by atoms with van der Waals surface area (Å²) in [6, 6.07) is 11.6. The summed E-state index contributed by atoms with van der Waals surface area (Å²) in [6.07, 6.45) is 5.06. The van der Waals surface area contributed by atoms with Gasteiger partial charge in [-0.3, -0.25) is 14.7 Å². The van der Waals surface area contributed by atoms with Crippen molar-refractivity contribution in [1.82, 2.24) is 24.6 Å². The zero-order chi connectivity index (χ0) is 19.2. The summed E-state index contributed by atoms with van der Waals surface area (Å²) >= 11 is 0. The van der Waals surface area contributed by atoms with Crippen molar-refractivity contribution in [2.45, 2.75) is 33.0 Å². The Balaban J connectivity index is 1.58. The van der Waals surface area contributed by atoms with Crippen molar-refractivity contribution in [3.8, 4) is 0 Å². The van der Waals surface area contributed by atoms with Crippen LogP contribution in [0.25, 0.3) is 0 Å². The third-order valence-corrected chi connectivity index (χ3v) is 4.20. The Kier molecular flexibility index (Phi) is 5.93. The summed E-state index contributed by atoms with van der Waals surface area (Å²) in [7, 11) is 2.04. The van der Waals surface area contributed by atoms with Crippen LogP contribution in [0.4, 0.5) is 5.69 Å². The van der Waals surface area contributed by atoms with E-state index in [9.17, 15) is 4.79 Å². The van der Waals surface area contributed by atoms with E-state index in [0.29, 0.717) is 23.8 Å². The van der Waals surface area contributed by atoms with Gasteiger partial charge in [0, 0.05) is 24.3 Å². The van der Waals surface area contributed by atoms with Crippen molar-refractivity contribution in [3.63, 3.8) is 0 Å². The fraction of sp³-hybridized carbons (Fsp3) is 0.300. The summed E-state index contributed by atoms with van der Waals surface area (Å²) in [6.45, 7) is 5.70. The molecule has 7 heteroatoms. The quantitative estimate of drug-likeness (QED) is 0.697. The van der Waals surface area contributed by atoms with E-state index in [2.05, 4.69) is 43.8 Å². The van der Waals surface area contributed by atoms with Crippen molar-refractivity contribution in [1.29, 1.82) is 0 Å². The van der Waals surface area contributed by atoms with Gasteiger partial charge in [-0.2, -0.15) is 0 Å². The maximum absolute atomic E-state index is 12.3. The van der Waals surface area contributed by atoms with E-state index in [1.807, 2.05) is 37.4 Å².